The van der Waals surface area contributed by atoms with Gasteiger partial charge in [-0.15, -0.1) is 0 Å². The van der Waals surface area contributed by atoms with Crippen LogP contribution in [0.1, 0.15) is 81.3 Å². The average molecular weight is 498 g/mol. The molecule has 194 valence electrons. The van der Waals surface area contributed by atoms with Crippen molar-refractivity contribution in [2.24, 2.45) is 9.98 Å². The molecular formula is C32H39N3O2. The maximum Gasteiger partial charge on any atom is 0.119 e. The molecule has 5 heterocycles. The average Bonchev–Trinajstić information content (AvgIpc) is 2.94. The molecule has 5 nitrogen and oxygen atoms in total. The van der Waals surface area contributed by atoms with Gasteiger partial charge in [-0.1, -0.05) is 62.4 Å². The zero-order valence-electron chi connectivity index (χ0n) is 22.3. The van der Waals surface area contributed by atoms with Gasteiger partial charge < -0.3 is 9.47 Å². The molecule has 0 radical (unpaired) electrons. The van der Waals surface area contributed by atoms with Crippen LogP contribution in [0.5, 0.6) is 11.5 Å². The van der Waals surface area contributed by atoms with Crippen LogP contribution in [0.25, 0.3) is 0 Å². The number of nitrogens with zero attached hydrogens (tertiary/aromatic N) is 3. The van der Waals surface area contributed by atoms with Crippen molar-refractivity contribution in [2.75, 3.05) is 13.2 Å². The summed E-state index contributed by atoms with van der Waals surface area (Å²) in [5.41, 5.74) is 5.90. The Bertz CT molecular complexity index is 1080. The lowest BCUT2D eigenvalue weighted by atomic mass is 10.1. The minimum absolute atomic E-state index is 0.616. The summed E-state index contributed by atoms with van der Waals surface area (Å²) in [4.78, 5) is 14.4. The minimum Gasteiger partial charge on any atom is -0.494 e. The molecule has 0 aliphatic carbocycles. The van der Waals surface area contributed by atoms with Crippen LogP contribution in [0.15, 0.2) is 76.7 Å². The molecule has 0 N–H and O–H groups in total. The Hall–Kier alpha value is -3.47. The van der Waals surface area contributed by atoms with Crippen LogP contribution in [0, 0.1) is 0 Å². The molecule has 0 amide bonds. The van der Waals surface area contributed by atoms with E-state index in [2.05, 4.69) is 24.3 Å². The smallest absolute Gasteiger partial charge is 0.119 e. The Balaban J connectivity index is 1.45. The molecule has 37 heavy (non-hydrogen) atoms. The predicted octanol–water partition coefficient (Wildman–Crippen LogP) is 7.60. The largest absolute Gasteiger partial charge is 0.494 e. The van der Waals surface area contributed by atoms with Crippen LogP contribution in [0.4, 0.5) is 0 Å². The van der Waals surface area contributed by atoms with Gasteiger partial charge >= 0.3 is 0 Å². The van der Waals surface area contributed by atoms with Gasteiger partial charge in [0, 0.05) is 0 Å². The van der Waals surface area contributed by atoms with E-state index in [-0.39, 0.29) is 0 Å². The summed E-state index contributed by atoms with van der Waals surface area (Å²) in [5, 5.41) is 0. The Morgan fingerprint density at radius 3 is 1.35 bits per heavy atom. The first-order valence-electron chi connectivity index (χ1n) is 13.6. The van der Waals surface area contributed by atoms with Gasteiger partial charge in [-0.2, -0.15) is 0 Å². The number of aliphatic imine (C=N–C) groups is 2. The van der Waals surface area contributed by atoms with Gasteiger partial charge in [-0.25, -0.2) is 4.98 Å². The molecule has 4 aliphatic heterocycles. The number of pyridine rings is 1. The highest BCUT2D eigenvalue weighted by Gasteiger charge is 2.05. The summed E-state index contributed by atoms with van der Waals surface area (Å²) >= 11 is 0. The predicted molar refractivity (Wildman–Crippen MR) is 152 cm³/mol. The first-order valence-corrected chi connectivity index (χ1v) is 13.6. The molecule has 0 spiro atoms. The Morgan fingerprint density at radius 2 is 0.919 bits per heavy atom. The third-order valence-corrected chi connectivity index (χ3v) is 6.66. The fourth-order valence-electron chi connectivity index (χ4n) is 4.27. The van der Waals surface area contributed by atoms with E-state index in [1.165, 1.54) is 32.1 Å². The maximum atomic E-state index is 5.93. The van der Waals surface area contributed by atoms with Crippen molar-refractivity contribution in [3.8, 4) is 11.5 Å². The van der Waals surface area contributed by atoms with Crippen LogP contribution in [-0.2, 0) is 13.1 Å². The van der Waals surface area contributed by atoms with E-state index in [1.807, 2.05) is 56.3 Å². The van der Waals surface area contributed by atoms with Crippen molar-refractivity contribution >= 4 is 11.4 Å². The normalized spacial score (nSPS) is 16.5. The van der Waals surface area contributed by atoms with Crippen LogP contribution >= 0.6 is 0 Å². The highest BCUT2D eigenvalue weighted by atomic mass is 16.5. The van der Waals surface area contributed by atoms with E-state index in [1.54, 1.807) is 0 Å². The van der Waals surface area contributed by atoms with Crippen molar-refractivity contribution < 1.29 is 9.47 Å². The number of rotatable bonds is 0. The van der Waals surface area contributed by atoms with Crippen molar-refractivity contribution in [3.63, 3.8) is 0 Å². The van der Waals surface area contributed by atoms with Gasteiger partial charge in [0.05, 0.1) is 49.1 Å². The molecule has 0 saturated carbocycles. The summed E-state index contributed by atoms with van der Waals surface area (Å²) in [5.74, 6) is 1.85. The molecule has 5 heteroatoms. The lowest BCUT2D eigenvalue weighted by molar-refractivity contribution is 0.299. The van der Waals surface area contributed by atoms with Gasteiger partial charge in [0.1, 0.15) is 11.5 Å². The van der Waals surface area contributed by atoms with Gasteiger partial charge in [0.2, 0.25) is 0 Å². The topological polar surface area (TPSA) is 56.1 Å². The zero-order valence-corrected chi connectivity index (χ0v) is 22.3. The number of hydrogen-bond donors (Lipinski definition) is 0. The zero-order chi connectivity index (χ0) is 25.7. The number of aromatic nitrogens is 1. The Morgan fingerprint density at radius 1 is 0.514 bits per heavy atom. The molecule has 0 saturated heterocycles. The van der Waals surface area contributed by atoms with E-state index in [9.17, 15) is 0 Å². The first-order chi connectivity index (χ1) is 18.2. The monoisotopic (exact) mass is 497 g/mol. The number of hydrogen-bond acceptors (Lipinski definition) is 5. The third-order valence-electron chi connectivity index (χ3n) is 6.66. The van der Waals surface area contributed by atoms with Gasteiger partial charge in [0.15, 0.2) is 0 Å². The van der Waals surface area contributed by atoms with Crippen molar-refractivity contribution in [1.29, 1.82) is 0 Å². The van der Waals surface area contributed by atoms with Crippen molar-refractivity contribution in [2.45, 2.75) is 71.9 Å². The van der Waals surface area contributed by atoms with E-state index in [0.717, 1.165) is 71.5 Å². The molecule has 3 aromatic rings. The molecule has 6 bridgehead atoms. The fraction of sp³-hybridized carbons (Fsp3) is 0.406. The quantitative estimate of drug-likeness (QED) is 0.321. The minimum atomic E-state index is 0.616. The number of benzene rings is 2. The van der Waals surface area contributed by atoms with Crippen LogP contribution in [0.2, 0.25) is 0 Å². The highest BCUT2D eigenvalue weighted by molar-refractivity contribution is 6.00. The summed E-state index contributed by atoms with van der Waals surface area (Å²) in [6.07, 6.45) is 8.44. The molecule has 7 rings (SSSR count). The highest BCUT2D eigenvalue weighted by Crippen LogP contribution is 2.17. The van der Waals surface area contributed by atoms with E-state index in [4.69, 9.17) is 24.4 Å². The standard InChI is InChI=1S/C32H39N3O2/c1-25-31-11-10-12-32(35-31)26(2)34-24-28-15-19-30(20-16-28)37-22-9-7-5-3-4-6-8-21-36-29-17-13-27(14-18-29)23-33-25/h10-20H,3-9,21-24H2,1-2H3. The lowest BCUT2D eigenvalue weighted by Crippen LogP contribution is -2.06. The number of ether oxygens (including phenoxy) is 2. The van der Waals surface area contributed by atoms with E-state index < -0.39 is 0 Å². The molecule has 4 aliphatic rings. The van der Waals surface area contributed by atoms with E-state index in [0.29, 0.717) is 13.1 Å². The molecular weight excluding hydrogens is 458 g/mol. The summed E-state index contributed by atoms with van der Waals surface area (Å²) < 4.78 is 11.9. The summed E-state index contributed by atoms with van der Waals surface area (Å²) in [7, 11) is 0. The summed E-state index contributed by atoms with van der Waals surface area (Å²) in [6.45, 7) is 6.80. The summed E-state index contributed by atoms with van der Waals surface area (Å²) in [6, 6.07) is 22.6. The third kappa shape index (κ3) is 8.85. The van der Waals surface area contributed by atoms with Gasteiger partial charge in [-0.3, -0.25) is 9.98 Å². The molecule has 2 aromatic carbocycles. The van der Waals surface area contributed by atoms with Gasteiger partial charge in [0.25, 0.3) is 0 Å². The maximum absolute atomic E-state index is 5.93. The Kier molecular flexibility index (Phi) is 10.3. The SMILES string of the molecule is CC1=NCc2ccc(cc2)OCCCCCCCCCOc2ccc(cc2)CN=C(C)c2cccc1n2. The lowest BCUT2D eigenvalue weighted by Gasteiger charge is -2.09. The molecule has 1 aromatic heterocycles. The second-order valence-corrected chi connectivity index (χ2v) is 9.67. The van der Waals surface area contributed by atoms with Gasteiger partial charge in [-0.05, 0) is 74.2 Å². The molecule has 0 fully saturated rings. The van der Waals surface area contributed by atoms with Crippen LogP contribution < -0.4 is 9.47 Å². The Labute approximate surface area is 221 Å². The van der Waals surface area contributed by atoms with Crippen molar-refractivity contribution in [1.82, 2.24) is 4.98 Å². The van der Waals surface area contributed by atoms with Crippen LogP contribution in [-0.4, -0.2) is 29.6 Å². The van der Waals surface area contributed by atoms with E-state index >= 15 is 0 Å². The molecule has 0 atom stereocenters. The second-order valence-electron chi connectivity index (χ2n) is 9.67. The van der Waals surface area contributed by atoms with Crippen molar-refractivity contribution in [3.05, 3.63) is 89.2 Å². The second kappa shape index (κ2) is 14.3. The molecule has 0 unspecified atom stereocenters. The fourth-order valence-corrected chi connectivity index (χ4v) is 4.27. The van der Waals surface area contributed by atoms with Crippen LogP contribution in [0.3, 0.4) is 0 Å². The first kappa shape index (κ1) is 26.6.